The Hall–Kier alpha value is -2.63. The highest BCUT2D eigenvalue weighted by Crippen LogP contribution is 2.24. The number of aromatic nitrogens is 2. The van der Waals surface area contributed by atoms with E-state index in [0.717, 1.165) is 30.6 Å². The van der Waals surface area contributed by atoms with Crippen LogP contribution >= 0.6 is 11.6 Å². The third-order valence-electron chi connectivity index (χ3n) is 4.83. The standard InChI is InChI=1S/C22H22ClN3O2/c23-18-10-8-17(9-11-18)21-20(22(27)24-13-19-7-4-12-28-19)15-26(25-21)14-16-5-2-1-3-6-16/h1-3,5-6,8-11,15,19H,4,7,12-14H2,(H,24,27)/t19-/m0/s1. The van der Waals surface area contributed by atoms with Crippen LogP contribution in [-0.2, 0) is 11.3 Å². The molecule has 1 N–H and O–H groups in total. The van der Waals surface area contributed by atoms with E-state index in [4.69, 9.17) is 16.3 Å². The minimum atomic E-state index is -0.139. The van der Waals surface area contributed by atoms with Gasteiger partial charge in [0, 0.05) is 29.9 Å². The average Bonchev–Trinajstić information content (AvgIpc) is 3.38. The molecule has 1 amide bonds. The average molecular weight is 396 g/mol. The Balaban J connectivity index is 1.60. The molecule has 3 aromatic rings. The van der Waals surface area contributed by atoms with Crippen molar-refractivity contribution >= 4 is 17.5 Å². The number of hydrogen-bond donors (Lipinski definition) is 1. The number of carbonyl (C=O) groups is 1. The smallest absolute Gasteiger partial charge is 0.255 e. The van der Waals surface area contributed by atoms with E-state index in [1.807, 2.05) is 48.7 Å². The fourth-order valence-electron chi connectivity index (χ4n) is 3.37. The zero-order valence-electron chi connectivity index (χ0n) is 15.5. The second-order valence-corrected chi connectivity index (χ2v) is 7.36. The normalized spacial score (nSPS) is 16.2. The van der Waals surface area contributed by atoms with Crippen LogP contribution in [0.1, 0.15) is 28.8 Å². The molecule has 0 saturated carbocycles. The van der Waals surface area contributed by atoms with Crippen LogP contribution in [0.5, 0.6) is 0 Å². The maximum atomic E-state index is 12.9. The van der Waals surface area contributed by atoms with Crippen molar-refractivity contribution in [3.05, 3.63) is 76.9 Å². The minimum absolute atomic E-state index is 0.0993. The molecule has 5 nitrogen and oxygen atoms in total. The van der Waals surface area contributed by atoms with Gasteiger partial charge in [-0.05, 0) is 30.5 Å². The van der Waals surface area contributed by atoms with Crippen molar-refractivity contribution in [3.8, 4) is 11.3 Å². The van der Waals surface area contributed by atoms with Gasteiger partial charge >= 0.3 is 0 Å². The number of ether oxygens (including phenoxy) is 1. The van der Waals surface area contributed by atoms with Crippen molar-refractivity contribution in [2.45, 2.75) is 25.5 Å². The lowest BCUT2D eigenvalue weighted by Gasteiger charge is -2.10. The summed E-state index contributed by atoms with van der Waals surface area (Å²) < 4.78 is 7.41. The number of rotatable bonds is 6. The number of nitrogens with zero attached hydrogens (tertiary/aromatic N) is 2. The first-order chi connectivity index (χ1) is 13.7. The summed E-state index contributed by atoms with van der Waals surface area (Å²) in [5, 5.41) is 8.33. The van der Waals surface area contributed by atoms with Gasteiger partial charge in [-0.3, -0.25) is 9.48 Å². The molecule has 2 aromatic carbocycles. The first-order valence-electron chi connectivity index (χ1n) is 9.46. The monoisotopic (exact) mass is 395 g/mol. The lowest BCUT2D eigenvalue weighted by Crippen LogP contribution is -2.31. The number of halogens is 1. The Bertz CT molecular complexity index is 932. The predicted molar refractivity (Wildman–Crippen MR) is 110 cm³/mol. The van der Waals surface area contributed by atoms with E-state index in [1.54, 1.807) is 16.8 Å². The quantitative estimate of drug-likeness (QED) is 0.681. The van der Waals surface area contributed by atoms with Crippen molar-refractivity contribution < 1.29 is 9.53 Å². The van der Waals surface area contributed by atoms with Gasteiger partial charge < -0.3 is 10.1 Å². The van der Waals surface area contributed by atoms with Crippen LogP contribution in [-0.4, -0.2) is 34.9 Å². The summed E-state index contributed by atoms with van der Waals surface area (Å²) in [5.74, 6) is -0.139. The Morgan fingerprint density at radius 3 is 2.68 bits per heavy atom. The molecule has 0 spiro atoms. The van der Waals surface area contributed by atoms with E-state index in [-0.39, 0.29) is 12.0 Å². The molecule has 1 aliphatic heterocycles. The first kappa shape index (κ1) is 18.7. The third-order valence-corrected chi connectivity index (χ3v) is 5.08. The first-order valence-corrected chi connectivity index (χ1v) is 9.84. The highest BCUT2D eigenvalue weighted by Gasteiger charge is 2.21. The molecule has 0 radical (unpaired) electrons. The molecule has 2 heterocycles. The Morgan fingerprint density at radius 2 is 1.96 bits per heavy atom. The van der Waals surface area contributed by atoms with E-state index in [2.05, 4.69) is 10.4 Å². The third kappa shape index (κ3) is 4.43. The molecule has 1 aliphatic rings. The van der Waals surface area contributed by atoms with E-state index in [9.17, 15) is 4.79 Å². The number of nitrogens with one attached hydrogen (secondary N) is 1. The molecule has 144 valence electrons. The molecule has 28 heavy (non-hydrogen) atoms. The summed E-state index contributed by atoms with van der Waals surface area (Å²) in [6, 6.07) is 17.4. The Kier molecular flexibility index (Phi) is 5.74. The van der Waals surface area contributed by atoms with E-state index in [1.165, 1.54) is 0 Å². The summed E-state index contributed by atoms with van der Waals surface area (Å²) in [5.41, 5.74) is 3.19. The van der Waals surface area contributed by atoms with Crippen molar-refractivity contribution in [1.29, 1.82) is 0 Å². The molecule has 4 rings (SSSR count). The van der Waals surface area contributed by atoms with Gasteiger partial charge in [0.25, 0.3) is 5.91 Å². The van der Waals surface area contributed by atoms with Gasteiger partial charge in [0.2, 0.25) is 0 Å². The molecular formula is C22H22ClN3O2. The van der Waals surface area contributed by atoms with Crippen LogP contribution in [0.25, 0.3) is 11.3 Å². The highest BCUT2D eigenvalue weighted by molar-refractivity contribution is 6.30. The summed E-state index contributed by atoms with van der Waals surface area (Å²) >= 11 is 6.02. The van der Waals surface area contributed by atoms with E-state index in [0.29, 0.717) is 29.4 Å². The molecule has 1 fully saturated rings. The van der Waals surface area contributed by atoms with Gasteiger partial charge in [0.1, 0.15) is 5.69 Å². The molecule has 1 saturated heterocycles. The fraction of sp³-hybridized carbons (Fsp3) is 0.273. The summed E-state index contributed by atoms with van der Waals surface area (Å²) in [7, 11) is 0. The zero-order chi connectivity index (χ0) is 19.3. The van der Waals surface area contributed by atoms with Gasteiger partial charge in [-0.2, -0.15) is 5.10 Å². The summed E-state index contributed by atoms with van der Waals surface area (Å²) in [4.78, 5) is 12.9. The Morgan fingerprint density at radius 1 is 1.18 bits per heavy atom. The lowest BCUT2D eigenvalue weighted by molar-refractivity contribution is 0.0858. The van der Waals surface area contributed by atoms with E-state index < -0.39 is 0 Å². The van der Waals surface area contributed by atoms with Crippen LogP contribution in [0.2, 0.25) is 5.02 Å². The minimum Gasteiger partial charge on any atom is -0.376 e. The van der Waals surface area contributed by atoms with Crippen LogP contribution in [0, 0.1) is 0 Å². The second-order valence-electron chi connectivity index (χ2n) is 6.93. The fourth-order valence-corrected chi connectivity index (χ4v) is 3.49. The van der Waals surface area contributed by atoms with Crippen LogP contribution in [0.4, 0.5) is 0 Å². The van der Waals surface area contributed by atoms with Crippen molar-refractivity contribution in [3.63, 3.8) is 0 Å². The number of amides is 1. The summed E-state index contributed by atoms with van der Waals surface area (Å²) in [6.45, 7) is 1.88. The van der Waals surface area contributed by atoms with Crippen LogP contribution in [0.3, 0.4) is 0 Å². The topological polar surface area (TPSA) is 56.1 Å². The van der Waals surface area contributed by atoms with Gasteiger partial charge in [0.15, 0.2) is 0 Å². The highest BCUT2D eigenvalue weighted by atomic mass is 35.5. The molecule has 0 bridgehead atoms. The lowest BCUT2D eigenvalue weighted by atomic mass is 10.1. The van der Waals surface area contributed by atoms with Crippen LogP contribution < -0.4 is 5.32 Å². The molecule has 1 atom stereocenters. The number of benzene rings is 2. The maximum Gasteiger partial charge on any atom is 0.255 e. The summed E-state index contributed by atoms with van der Waals surface area (Å²) in [6.07, 6.45) is 3.94. The SMILES string of the molecule is O=C(NC[C@@H]1CCCO1)c1cn(Cc2ccccc2)nc1-c1ccc(Cl)cc1. The van der Waals surface area contributed by atoms with Crippen LogP contribution in [0.15, 0.2) is 60.8 Å². The van der Waals surface area contributed by atoms with Crippen molar-refractivity contribution in [2.75, 3.05) is 13.2 Å². The van der Waals surface area contributed by atoms with Crippen molar-refractivity contribution in [2.24, 2.45) is 0 Å². The molecular weight excluding hydrogens is 374 g/mol. The van der Waals surface area contributed by atoms with Crippen molar-refractivity contribution in [1.82, 2.24) is 15.1 Å². The molecule has 0 unspecified atom stereocenters. The zero-order valence-corrected chi connectivity index (χ0v) is 16.2. The van der Waals surface area contributed by atoms with Gasteiger partial charge in [-0.1, -0.05) is 54.1 Å². The maximum absolute atomic E-state index is 12.9. The number of carbonyl (C=O) groups excluding carboxylic acids is 1. The van der Waals surface area contributed by atoms with Gasteiger partial charge in [-0.15, -0.1) is 0 Å². The largest absolute Gasteiger partial charge is 0.376 e. The molecule has 1 aromatic heterocycles. The Labute approximate surface area is 169 Å². The number of hydrogen-bond acceptors (Lipinski definition) is 3. The van der Waals surface area contributed by atoms with Gasteiger partial charge in [0.05, 0.1) is 18.2 Å². The van der Waals surface area contributed by atoms with Gasteiger partial charge in [-0.25, -0.2) is 0 Å². The second kappa shape index (κ2) is 8.59. The predicted octanol–water partition coefficient (Wildman–Crippen LogP) is 4.16. The molecule has 0 aliphatic carbocycles. The molecule has 6 heteroatoms. The van der Waals surface area contributed by atoms with E-state index >= 15 is 0 Å².